The molecule has 2 nitrogen and oxygen atoms in total. The first-order valence-electron chi connectivity index (χ1n) is 7.19. The third-order valence-corrected chi connectivity index (χ3v) is 3.60. The predicted molar refractivity (Wildman–Crippen MR) is 79.1 cm³/mol. The van der Waals surface area contributed by atoms with Gasteiger partial charge in [0.1, 0.15) is 6.29 Å². The molecule has 0 aliphatic heterocycles. The van der Waals surface area contributed by atoms with Gasteiger partial charge in [0.25, 0.3) is 0 Å². The van der Waals surface area contributed by atoms with Crippen molar-refractivity contribution in [2.24, 2.45) is 5.92 Å². The number of aryl methyl sites for hydroxylation is 1. The fourth-order valence-electron chi connectivity index (χ4n) is 2.43. The SMILES string of the molecule is C[C@H](CCCC=O)CCc1ccccc1C(C)(C)O. The maximum atomic E-state index is 10.3. The molecule has 0 amide bonds. The molecule has 19 heavy (non-hydrogen) atoms. The van der Waals surface area contributed by atoms with Crippen LogP contribution in [0.4, 0.5) is 0 Å². The van der Waals surface area contributed by atoms with Gasteiger partial charge in [-0.3, -0.25) is 0 Å². The van der Waals surface area contributed by atoms with Gasteiger partial charge in [0.15, 0.2) is 0 Å². The van der Waals surface area contributed by atoms with Crippen molar-refractivity contribution in [2.75, 3.05) is 0 Å². The van der Waals surface area contributed by atoms with Crippen molar-refractivity contribution in [3.05, 3.63) is 35.4 Å². The van der Waals surface area contributed by atoms with E-state index in [9.17, 15) is 9.90 Å². The van der Waals surface area contributed by atoms with Gasteiger partial charge >= 0.3 is 0 Å². The van der Waals surface area contributed by atoms with Crippen molar-refractivity contribution in [3.63, 3.8) is 0 Å². The lowest BCUT2D eigenvalue weighted by Crippen LogP contribution is -2.18. The van der Waals surface area contributed by atoms with E-state index in [1.165, 1.54) is 5.56 Å². The monoisotopic (exact) mass is 262 g/mol. The largest absolute Gasteiger partial charge is 0.386 e. The molecule has 0 fully saturated rings. The van der Waals surface area contributed by atoms with Crippen molar-refractivity contribution in [1.82, 2.24) is 0 Å². The summed E-state index contributed by atoms with van der Waals surface area (Å²) in [7, 11) is 0. The maximum absolute atomic E-state index is 10.3. The molecule has 0 saturated carbocycles. The number of rotatable bonds is 8. The van der Waals surface area contributed by atoms with Gasteiger partial charge in [-0.15, -0.1) is 0 Å². The Balaban J connectivity index is 2.56. The molecule has 0 unspecified atom stereocenters. The molecule has 1 aromatic rings. The maximum Gasteiger partial charge on any atom is 0.119 e. The van der Waals surface area contributed by atoms with E-state index >= 15 is 0 Å². The van der Waals surface area contributed by atoms with Crippen LogP contribution in [-0.2, 0) is 16.8 Å². The molecule has 2 heteroatoms. The van der Waals surface area contributed by atoms with E-state index in [2.05, 4.69) is 13.0 Å². The van der Waals surface area contributed by atoms with Crippen LogP contribution in [0, 0.1) is 5.92 Å². The molecular formula is C17H26O2. The van der Waals surface area contributed by atoms with E-state index in [0.717, 1.165) is 37.5 Å². The van der Waals surface area contributed by atoms with Gasteiger partial charge in [0.2, 0.25) is 0 Å². The third kappa shape index (κ3) is 5.56. The number of benzene rings is 1. The molecule has 0 aliphatic rings. The van der Waals surface area contributed by atoms with E-state index in [0.29, 0.717) is 12.3 Å². The van der Waals surface area contributed by atoms with E-state index in [1.807, 2.05) is 32.0 Å². The third-order valence-electron chi connectivity index (χ3n) is 3.60. The zero-order chi connectivity index (χ0) is 14.3. The summed E-state index contributed by atoms with van der Waals surface area (Å²) < 4.78 is 0. The first kappa shape index (κ1) is 15.9. The fraction of sp³-hybridized carbons (Fsp3) is 0.588. The summed E-state index contributed by atoms with van der Waals surface area (Å²) in [4.78, 5) is 10.3. The molecule has 0 bridgehead atoms. The second-order valence-electron chi connectivity index (χ2n) is 5.96. The predicted octanol–water partition coefficient (Wildman–Crippen LogP) is 3.85. The minimum atomic E-state index is -0.780. The Morgan fingerprint density at radius 3 is 2.58 bits per heavy atom. The average molecular weight is 262 g/mol. The summed E-state index contributed by atoms with van der Waals surface area (Å²) in [5.41, 5.74) is 1.48. The molecule has 0 aliphatic carbocycles. The van der Waals surface area contributed by atoms with E-state index in [4.69, 9.17) is 0 Å². The minimum absolute atomic E-state index is 0.620. The van der Waals surface area contributed by atoms with Crippen LogP contribution in [0.5, 0.6) is 0 Å². The number of hydrogen-bond acceptors (Lipinski definition) is 2. The molecule has 0 spiro atoms. The zero-order valence-corrected chi connectivity index (χ0v) is 12.4. The standard InChI is InChI=1S/C17H26O2/c1-14(8-6-7-13-18)11-12-15-9-4-5-10-16(15)17(2,3)19/h4-5,9-10,13-14,19H,6-8,11-12H2,1-3H3/t14-/m1/s1. The minimum Gasteiger partial charge on any atom is -0.386 e. The fourth-order valence-corrected chi connectivity index (χ4v) is 2.43. The molecular weight excluding hydrogens is 236 g/mol. The van der Waals surface area contributed by atoms with Crippen LogP contribution >= 0.6 is 0 Å². The quantitative estimate of drug-likeness (QED) is 0.570. The summed E-state index contributed by atoms with van der Waals surface area (Å²) >= 11 is 0. The second kappa shape index (κ2) is 7.44. The van der Waals surface area contributed by atoms with Crippen molar-refractivity contribution < 1.29 is 9.90 Å². The molecule has 1 aromatic carbocycles. The Bertz CT molecular complexity index is 390. The number of aliphatic hydroxyl groups is 1. The lowest BCUT2D eigenvalue weighted by molar-refractivity contribution is -0.107. The van der Waals surface area contributed by atoms with Gasteiger partial charge in [-0.1, -0.05) is 37.6 Å². The van der Waals surface area contributed by atoms with Crippen LogP contribution < -0.4 is 0 Å². The molecule has 1 atom stereocenters. The summed E-state index contributed by atoms with van der Waals surface area (Å²) in [5.74, 6) is 0.620. The van der Waals surface area contributed by atoms with E-state index < -0.39 is 5.60 Å². The first-order valence-corrected chi connectivity index (χ1v) is 7.19. The molecule has 1 N–H and O–H groups in total. The Morgan fingerprint density at radius 1 is 1.26 bits per heavy atom. The highest BCUT2D eigenvalue weighted by Crippen LogP contribution is 2.25. The van der Waals surface area contributed by atoms with Gasteiger partial charge in [0.05, 0.1) is 5.60 Å². The van der Waals surface area contributed by atoms with Crippen LogP contribution in [0.2, 0.25) is 0 Å². The highest BCUT2D eigenvalue weighted by atomic mass is 16.3. The molecule has 106 valence electrons. The van der Waals surface area contributed by atoms with Crippen molar-refractivity contribution in [1.29, 1.82) is 0 Å². The lowest BCUT2D eigenvalue weighted by Gasteiger charge is -2.22. The molecule has 0 aromatic heterocycles. The normalized spacial score (nSPS) is 13.3. The highest BCUT2D eigenvalue weighted by molar-refractivity contribution is 5.48. The average Bonchev–Trinajstić information content (AvgIpc) is 2.36. The van der Waals surface area contributed by atoms with Gasteiger partial charge in [-0.05, 0) is 50.2 Å². The molecule has 0 radical (unpaired) electrons. The number of unbranched alkanes of at least 4 members (excludes halogenated alkanes) is 1. The van der Waals surface area contributed by atoms with E-state index in [1.54, 1.807) is 0 Å². The summed E-state index contributed by atoms with van der Waals surface area (Å²) in [6.07, 6.45) is 5.84. The number of carbonyl (C=O) groups is 1. The summed E-state index contributed by atoms with van der Waals surface area (Å²) in [5, 5.41) is 10.2. The molecule has 0 heterocycles. The van der Waals surface area contributed by atoms with Crippen LogP contribution in [0.3, 0.4) is 0 Å². The summed E-state index contributed by atoms with van der Waals surface area (Å²) in [6, 6.07) is 8.11. The van der Waals surface area contributed by atoms with Crippen molar-refractivity contribution >= 4 is 6.29 Å². The Kier molecular flexibility index (Phi) is 6.23. The van der Waals surface area contributed by atoms with Crippen LogP contribution in [-0.4, -0.2) is 11.4 Å². The zero-order valence-electron chi connectivity index (χ0n) is 12.4. The van der Waals surface area contributed by atoms with Gasteiger partial charge < -0.3 is 9.90 Å². The Hall–Kier alpha value is -1.15. The molecule has 1 rings (SSSR count). The number of carbonyl (C=O) groups excluding carboxylic acids is 1. The van der Waals surface area contributed by atoms with Gasteiger partial charge in [0, 0.05) is 6.42 Å². The van der Waals surface area contributed by atoms with Crippen molar-refractivity contribution in [2.45, 2.75) is 58.5 Å². The summed E-state index contributed by atoms with van der Waals surface area (Å²) in [6.45, 7) is 5.90. The van der Waals surface area contributed by atoms with Gasteiger partial charge in [-0.25, -0.2) is 0 Å². The smallest absolute Gasteiger partial charge is 0.119 e. The Morgan fingerprint density at radius 2 is 1.95 bits per heavy atom. The van der Waals surface area contributed by atoms with E-state index in [-0.39, 0.29) is 0 Å². The first-order chi connectivity index (χ1) is 8.95. The Labute approximate surface area is 116 Å². The number of hydrogen-bond donors (Lipinski definition) is 1. The van der Waals surface area contributed by atoms with Crippen LogP contribution in [0.15, 0.2) is 24.3 Å². The number of aldehydes is 1. The lowest BCUT2D eigenvalue weighted by atomic mass is 9.88. The van der Waals surface area contributed by atoms with Crippen LogP contribution in [0.25, 0.3) is 0 Å². The van der Waals surface area contributed by atoms with Crippen LogP contribution in [0.1, 0.15) is 57.6 Å². The highest BCUT2D eigenvalue weighted by Gasteiger charge is 2.19. The van der Waals surface area contributed by atoms with Crippen molar-refractivity contribution in [3.8, 4) is 0 Å². The van der Waals surface area contributed by atoms with Gasteiger partial charge in [-0.2, -0.15) is 0 Å². The topological polar surface area (TPSA) is 37.3 Å². The molecule has 0 saturated heterocycles. The second-order valence-corrected chi connectivity index (χ2v) is 5.96.